The summed E-state index contributed by atoms with van der Waals surface area (Å²) in [5.41, 5.74) is 0.829. The maximum absolute atomic E-state index is 11.9. The van der Waals surface area contributed by atoms with E-state index in [0.29, 0.717) is 17.7 Å². The second kappa shape index (κ2) is 6.52. The molecule has 5 heteroatoms. The molecule has 1 aromatic heterocycles. The van der Waals surface area contributed by atoms with E-state index < -0.39 is 0 Å². The number of carbonyl (C=O) groups excluding carboxylic acids is 1. The van der Waals surface area contributed by atoms with Gasteiger partial charge in [-0.3, -0.25) is 9.59 Å². The highest BCUT2D eigenvalue weighted by Crippen LogP contribution is 2.20. The minimum absolute atomic E-state index is 0.112. The quantitative estimate of drug-likeness (QED) is 0.677. The number of rotatable bonds is 6. The average molecular weight is 266 g/mol. The Bertz CT molecular complexity index is 492. The van der Waals surface area contributed by atoms with E-state index >= 15 is 0 Å². The summed E-state index contributed by atoms with van der Waals surface area (Å²) in [5, 5.41) is 11.9. The number of aromatic amines is 1. The third kappa shape index (κ3) is 4.87. The first-order valence-electron chi connectivity index (χ1n) is 6.44. The van der Waals surface area contributed by atoms with Crippen LogP contribution in [0.4, 0.5) is 0 Å². The third-order valence-electron chi connectivity index (χ3n) is 3.12. The van der Waals surface area contributed by atoms with Crippen molar-refractivity contribution in [3.05, 3.63) is 33.7 Å². The first-order valence-corrected chi connectivity index (χ1v) is 6.44. The smallest absolute Gasteiger partial charge is 0.253 e. The maximum atomic E-state index is 11.9. The molecule has 0 saturated heterocycles. The van der Waals surface area contributed by atoms with E-state index in [1.54, 1.807) is 6.92 Å². The van der Waals surface area contributed by atoms with Crippen LogP contribution in [0.3, 0.4) is 0 Å². The highest BCUT2D eigenvalue weighted by Gasteiger charge is 2.16. The molecule has 0 bridgehead atoms. The van der Waals surface area contributed by atoms with Gasteiger partial charge in [-0.05, 0) is 30.7 Å². The molecule has 0 aliphatic heterocycles. The summed E-state index contributed by atoms with van der Waals surface area (Å²) in [6.07, 6.45) is 3.08. The molecule has 0 fully saturated rings. The fourth-order valence-electron chi connectivity index (χ4n) is 1.76. The Balaban J connectivity index is 2.46. The van der Waals surface area contributed by atoms with Crippen LogP contribution in [0, 0.1) is 12.3 Å². The van der Waals surface area contributed by atoms with E-state index in [0.717, 1.165) is 12.8 Å². The summed E-state index contributed by atoms with van der Waals surface area (Å²) in [6.45, 7) is 6.40. The van der Waals surface area contributed by atoms with Gasteiger partial charge in [0.2, 0.25) is 5.56 Å². The molecule has 5 nitrogen and oxygen atoms in total. The molecule has 0 spiro atoms. The fourth-order valence-corrected chi connectivity index (χ4v) is 1.76. The Labute approximate surface area is 113 Å². The zero-order chi connectivity index (χ0) is 14.5. The predicted octanol–water partition coefficient (Wildman–Crippen LogP) is 1.21. The van der Waals surface area contributed by atoms with E-state index in [1.165, 1.54) is 12.3 Å². The normalized spacial score (nSPS) is 11.4. The molecule has 3 N–H and O–H groups in total. The lowest BCUT2D eigenvalue weighted by atomic mass is 9.89. The number of amides is 1. The van der Waals surface area contributed by atoms with Crippen molar-refractivity contribution in [2.45, 2.75) is 33.6 Å². The van der Waals surface area contributed by atoms with Crippen LogP contribution in [0.2, 0.25) is 0 Å². The summed E-state index contributed by atoms with van der Waals surface area (Å²) in [7, 11) is 0. The molecule has 1 rings (SSSR count). The predicted molar refractivity (Wildman–Crippen MR) is 74.2 cm³/mol. The van der Waals surface area contributed by atoms with Gasteiger partial charge < -0.3 is 15.4 Å². The van der Waals surface area contributed by atoms with Gasteiger partial charge in [0.1, 0.15) is 0 Å². The number of H-pyrrole nitrogens is 1. The third-order valence-corrected chi connectivity index (χ3v) is 3.12. The number of pyridine rings is 1. The molecule has 0 aliphatic carbocycles. The van der Waals surface area contributed by atoms with Crippen molar-refractivity contribution >= 4 is 5.91 Å². The first-order chi connectivity index (χ1) is 8.85. The number of nitrogens with one attached hydrogen (secondary N) is 2. The van der Waals surface area contributed by atoms with Gasteiger partial charge in [0, 0.05) is 25.4 Å². The first kappa shape index (κ1) is 15.4. The lowest BCUT2D eigenvalue weighted by Gasteiger charge is -2.21. The summed E-state index contributed by atoms with van der Waals surface area (Å²) in [5.74, 6) is -0.185. The summed E-state index contributed by atoms with van der Waals surface area (Å²) >= 11 is 0. The van der Waals surface area contributed by atoms with Crippen LogP contribution in [0.1, 0.15) is 42.6 Å². The summed E-state index contributed by atoms with van der Waals surface area (Å²) < 4.78 is 0. The fraction of sp³-hybridized carbons (Fsp3) is 0.571. The average Bonchev–Trinajstić information content (AvgIpc) is 2.34. The van der Waals surface area contributed by atoms with Crippen molar-refractivity contribution in [1.29, 1.82) is 0 Å². The number of aromatic nitrogens is 1. The molecule has 0 aliphatic rings. The van der Waals surface area contributed by atoms with E-state index in [9.17, 15) is 9.59 Å². The number of hydrogen-bond donors (Lipinski definition) is 3. The van der Waals surface area contributed by atoms with Crippen LogP contribution in [0.5, 0.6) is 0 Å². The molecule has 0 aromatic carbocycles. The molecule has 0 unspecified atom stereocenters. The SMILES string of the molecule is Cc1cc(=O)[nH]cc1C(=O)NCCCC(C)(C)CO. The zero-order valence-electron chi connectivity index (χ0n) is 11.7. The maximum Gasteiger partial charge on any atom is 0.253 e. The van der Waals surface area contributed by atoms with Gasteiger partial charge >= 0.3 is 0 Å². The molecular formula is C14H22N2O3. The number of aryl methyl sites for hydroxylation is 1. The Kier molecular flexibility index (Phi) is 5.30. The lowest BCUT2D eigenvalue weighted by molar-refractivity contribution is 0.0947. The number of carbonyl (C=O) groups is 1. The number of aliphatic hydroxyl groups excluding tert-OH is 1. The standard InChI is InChI=1S/C14H22N2O3/c1-10-7-12(18)16-8-11(10)13(19)15-6-4-5-14(2,3)9-17/h7-8,17H,4-6,9H2,1-3H3,(H,15,19)(H,16,18). The zero-order valence-corrected chi connectivity index (χ0v) is 11.7. The monoisotopic (exact) mass is 266 g/mol. The minimum Gasteiger partial charge on any atom is -0.396 e. The van der Waals surface area contributed by atoms with Crippen LogP contribution < -0.4 is 10.9 Å². The van der Waals surface area contributed by atoms with Gasteiger partial charge in [-0.1, -0.05) is 13.8 Å². The van der Waals surface area contributed by atoms with E-state index in [4.69, 9.17) is 5.11 Å². The van der Waals surface area contributed by atoms with Gasteiger partial charge in [0.05, 0.1) is 5.56 Å². The van der Waals surface area contributed by atoms with Gasteiger partial charge in [0.25, 0.3) is 5.91 Å². The van der Waals surface area contributed by atoms with Crippen molar-refractivity contribution in [1.82, 2.24) is 10.3 Å². The van der Waals surface area contributed by atoms with Crippen molar-refractivity contribution in [3.63, 3.8) is 0 Å². The van der Waals surface area contributed by atoms with E-state index in [2.05, 4.69) is 10.3 Å². The lowest BCUT2D eigenvalue weighted by Crippen LogP contribution is -2.27. The highest BCUT2D eigenvalue weighted by molar-refractivity contribution is 5.95. The van der Waals surface area contributed by atoms with Crippen molar-refractivity contribution < 1.29 is 9.90 Å². The molecule has 19 heavy (non-hydrogen) atoms. The van der Waals surface area contributed by atoms with E-state index in [-0.39, 0.29) is 23.5 Å². The Morgan fingerprint density at radius 2 is 2.16 bits per heavy atom. The molecular weight excluding hydrogens is 244 g/mol. The number of hydrogen-bond acceptors (Lipinski definition) is 3. The van der Waals surface area contributed by atoms with Crippen molar-refractivity contribution in [2.75, 3.05) is 13.2 Å². The molecule has 0 radical (unpaired) electrons. The summed E-state index contributed by atoms with van der Waals surface area (Å²) in [4.78, 5) is 25.4. The molecule has 1 heterocycles. The van der Waals surface area contributed by atoms with Gasteiger partial charge in [-0.2, -0.15) is 0 Å². The van der Waals surface area contributed by atoms with Crippen molar-refractivity contribution in [2.24, 2.45) is 5.41 Å². The van der Waals surface area contributed by atoms with Crippen molar-refractivity contribution in [3.8, 4) is 0 Å². The van der Waals surface area contributed by atoms with Gasteiger partial charge in [0.15, 0.2) is 0 Å². The molecule has 0 atom stereocenters. The summed E-state index contributed by atoms with van der Waals surface area (Å²) in [6, 6.07) is 1.41. The van der Waals surface area contributed by atoms with Crippen LogP contribution in [-0.2, 0) is 0 Å². The Morgan fingerprint density at radius 1 is 1.47 bits per heavy atom. The van der Waals surface area contributed by atoms with Crippen LogP contribution in [0.25, 0.3) is 0 Å². The van der Waals surface area contributed by atoms with Gasteiger partial charge in [-0.15, -0.1) is 0 Å². The largest absolute Gasteiger partial charge is 0.396 e. The van der Waals surface area contributed by atoms with Crippen LogP contribution in [-0.4, -0.2) is 29.1 Å². The number of aliphatic hydroxyl groups is 1. The molecule has 1 amide bonds. The van der Waals surface area contributed by atoms with E-state index in [1.807, 2.05) is 13.8 Å². The molecule has 0 saturated carbocycles. The topological polar surface area (TPSA) is 82.2 Å². The van der Waals surface area contributed by atoms with Crippen LogP contribution >= 0.6 is 0 Å². The Hall–Kier alpha value is -1.62. The van der Waals surface area contributed by atoms with Crippen LogP contribution in [0.15, 0.2) is 17.1 Å². The van der Waals surface area contributed by atoms with Gasteiger partial charge in [-0.25, -0.2) is 0 Å². The minimum atomic E-state index is -0.209. The molecule has 1 aromatic rings. The molecule has 106 valence electrons. The second-order valence-corrected chi connectivity index (χ2v) is 5.58. The highest BCUT2D eigenvalue weighted by atomic mass is 16.3. The Morgan fingerprint density at radius 3 is 2.74 bits per heavy atom. The second-order valence-electron chi connectivity index (χ2n) is 5.58.